The standard InChI is InChI=1S/C23H26N4O4S/c1-14(2)27-19-7-15(20(28)8-23(3)12-32(29,30)13-23)10-25-22(19)21(26-27)16-6-18(11-24-9-16)31-17-4-5-17/h6-7,9-11,14,17H,4-5,8,12-13H2,1-3H3. The summed E-state index contributed by atoms with van der Waals surface area (Å²) in [6.07, 6.45) is 7.61. The van der Waals surface area contributed by atoms with Crippen molar-refractivity contribution in [2.24, 2.45) is 5.41 Å². The first-order chi connectivity index (χ1) is 15.1. The summed E-state index contributed by atoms with van der Waals surface area (Å²) in [6.45, 7) is 5.89. The lowest BCUT2D eigenvalue weighted by Gasteiger charge is -2.37. The Hall–Kier alpha value is -2.81. The van der Waals surface area contributed by atoms with Crippen molar-refractivity contribution in [2.75, 3.05) is 11.5 Å². The molecule has 9 heteroatoms. The third kappa shape index (κ3) is 4.01. The first-order valence-corrected chi connectivity index (χ1v) is 12.7. The highest BCUT2D eigenvalue weighted by Crippen LogP contribution is 2.37. The van der Waals surface area contributed by atoms with E-state index >= 15 is 0 Å². The minimum absolute atomic E-state index is 0.0573. The number of sulfone groups is 1. The third-order valence-electron chi connectivity index (χ3n) is 5.90. The number of aromatic nitrogens is 4. The molecule has 0 atom stereocenters. The van der Waals surface area contributed by atoms with Gasteiger partial charge >= 0.3 is 0 Å². The molecule has 1 aliphatic heterocycles. The maximum Gasteiger partial charge on any atom is 0.165 e. The summed E-state index contributed by atoms with van der Waals surface area (Å²) >= 11 is 0. The second kappa shape index (κ2) is 7.37. The van der Waals surface area contributed by atoms with E-state index in [-0.39, 0.29) is 35.9 Å². The van der Waals surface area contributed by atoms with Gasteiger partial charge in [0.1, 0.15) is 17.0 Å². The molecular formula is C23H26N4O4S. The van der Waals surface area contributed by atoms with Crippen molar-refractivity contribution in [2.45, 2.75) is 52.2 Å². The van der Waals surface area contributed by atoms with Crippen LogP contribution in [0.2, 0.25) is 0 Å². The van der Waals surface area contributed by atoms with E-state index in [9.17, 15) is 13.2 Å². The summed E-state index contributed by atoms with van der Waals surface area (Å²) in [4.78, 5) is 21.8. The smallest absolute Gasteiger partial charge is 0.165 e. The minimum atomic E-state index is -3.00. The molecule has 0 spiro atoms. The van der Waals surface area contributed by atoms with E-state index in [0.29, 0.717) is 22.5 Å². The Balaban J connectivity index is 1.49. The molecule has 3 aromatic rings. The van der Waals surface area contributed by atoms with Gasteiger partial charge in [-0.25, -0.2) is 8.42 Å². The number of ketones is 1. The lowest BCUT2D eigenvalue weighted by Crippen LogP contribution is -2.47. The average Bonchev–Trinajstić information content (AvgIpc) is 3.42. The Morgan fingerprint density at radius 2 is 1.97 bits per heavy atom. The fraction of sp³-hybridized carbons (Fsp3) is 0.478. The molecule has 2 fully saturated rings. The quantitative estimate of drug-likeness (QED) is 0.502. The summed E-state index contributed by atoms with van der Waals surface area (Å²) in [6, 6.07) is 3.80. The van der Waals surface area contributed by atoms with Crippen molar-refractivity contribution in [1.82, 2.24) is 19.7 Å². The first kappa shape index (κ1) is 21.1. The SMILES string of the molecule is CC(C)n1nc(-c2cncc(OC3CC3)c2)c2ncc(C(=O)CC3(C)CS(=O)(=O)C3)cc21. The molecule has 5 rings (SSSR count). The van der Waals surface area contributed by atoms with Crippen LogP contribution in [-0.2, 0) is 9.84 Å². The maximum atomic E-state index is 12.9. The Morgan fingerprint density at radius 3 is 2.62 bits per heavy atom. The minimum Gasteiger partial charge on any atom is -0.489 e. The van der Waals surface area contributed by atoms with Crippen LogP contribution in [-0.4, -0.2) is 51.6 Å². The number of carbonyl (C=O) groups excluding carboxylic acids is 1. The van der Waals surface area contributed by atoms with E-state index in [2.05, 4.69) is 9.97 Å². The molecule has 1 saturated heterocycles. The Labute approximate surface area is 186 Å². The van der Waals surface area contributed by atoms with E-state index in [1.807, 2.05) is 37.6 Å². The molecular weight excluding hydrogens is 428 g/mol. The lowest BCUT2D eigenvalue weighted by atomic mass is 9.86. The highest BCUT2D eigenvalue weighted by Gasteiger charge is 2.45. The van der Waals surface area contributed by atoms with Gasteiger partial charge in [0.05, 0.1) is 29.3 Å². The van der Waals surface area contributed by atoms with Gasteiger partial charge in [0.2, 0.25) is 0 Å². The average molecular weight is 455 g/mol. The maximum absolute atomic E-state index is 12.9. The molecule has 32 heavy (non-hydrogen) atoms. The largest absolute Gasteiger partial charge is 0.489 e. The molecule has 8 nitrogen and oxygen atoms in total. The highest BCUT2D eigenvalue weighted by atomic mass is 32.2. The van der Waals surface area contributed by atoms with Gasteiger partial charge in [-0.3, -0.25) is 19.4 Å². The zero-order chi connectivity index (χ0) is 22.7. The van der Waals surface area contributed by atoms with E-state index < -0.39 is 15.3 Å². The third-order valence-corrected chi connectivity index (χ3v) is 8.17. The van der Waals surface area contributed by atoms with Gasteiger partial charge in [0, 0.05) is 41.4 Å². The number of carbonyl (C=O) groups is 1. The molecule has 2 aliphatic rings. The summed E-state index contributed by atoms with van der Waals surface area (Å²) in [5.41, 5.74) is 2.94. The van der Waals surface area contributed by atoms with Gasteiger partial charge in [0.25, 0.3) is 0 Å². The number of pyridine rings is 2. The Morgan fingerprint density at radius 1 is 1.22 bits per heavy atom. The molecule has 4 heterocycles. The highest BCUT2D eigenvalue weighted by molar-refractivity contribution is 7.92. The van der Waals surface area contributed by atoms with E-state index in [0.717, 1.165) is 23.9 Å². The summed E-state index contributed by atoms with van der Waals surface area (Å²) in [5, 5.41) is 4.78. The molecule has 0 amide bonds. The molecule has 3 aromatic heterocycles. The fourth-order valence-electron chi connectivity index (χ4n) is 4.36. The van der Waals surface area contributed by atoms with Crippen LogP contribution < -0.4 is 4.74 Å². The van der Waals surface area contributed by atoms with Gasteiger partial charge in [-0.1, -0.05) is 6.92 Å². The van der Waals surface area contributed by atoms with Crippen LogP contribution in [0.5, 0.6) is 5.75 Å². The van der Waals surface area contributed by atoms with Crippen LogP contribution in [0.15, 0.2) is 30.7 Å². The summed E-state index contributed by atoms with van der Waals surface area (Å²) in [7, 11) is -3.00. The number of ether oxygens (including phenoxy) is 1. The number of hydrogen-bond acceptors (Lipinski definition) is 7. The molecule has 1 aliphatic carbocycles. The molecule has 0 radical (unpaired) electrons. The van der Waals surface area contributed by atoms with Gasteiger partial charge in [-0.05, 0) is 38.8 Å². The number of rotatable bonds is 7. The summed E-state index contributed by atoms with van der Waals surface area (Å²) in [5.74, 6) is 0.729. The second-order valence-electron chi connectivity index (χ2n) is 9.65. The predicted octanol–water partition coefficient (Wildman–Crippen LogP) is 3.62. The van der Waals surface area contributed by atoms with Crippen LogP contribution in [0, 0.1) is 5.41 Å². The van der Waals surface area contributed by atoms with Crippen LogP contribution in [0.3, 0.4) is 0 Å². The van der Waals surface area contributed by atoms with Crippen molar-refractivity contribution in [3.8, 4) is 17.0 Å². The molecule has 0 N–H and O–H groups in total. The number of hydrogen-bond donors (Lipinski definition) is 0. The molecule has 1 saturated carbocycles. The van der Waals surface area contributed by atoms with Crippen LogP contribution in [0.4, 0.5) is 0 Å². The van der Waals surface area contributed by atoms with Crippen molar-refractivity contribution in [1.29, 1.82) is 0 Å². The van der Waals surface area contributed by atoms with E-state index in [1.54, 1.807) is 18.6 Å². The number of nitrogens with zero attached hydrogens (tertiary/aromatic N) is 4. The fourth-order valence-corrected chi connectivity index (χ4v) is 6.61. The van der Waals surface area contributed by atoms with Gasteiger partial charge in [-0.2, -0.15) is 5.10 Å². The van der Waals surface area contributed by atoms with Crippen LogP contribution >= 0.6 is 0 Å². The van der Waals surface area contributed by atoms with Gasteiger partial charge in [-0.15, -0.1) is 0 Å². The van der Waals surface area contributed by atoms with Crippen molar-refractivity contribution in [3.05, 3.63) is 36.3 Å². The molecule has 0 unspecified atom stereocenters. The van der Waals surface area contributed by atoms with Crippen molar-refractivity contribution < 1.29 is 17.9 Å². The zero-order valence-electron chi connectivity index (χ0n) is 18.4. The lowest BCUT2D eigenvalue weighted by molar-refractivity contribution is 0.0936. The zero-order valence-corrected chi connectivity index (χ0v) is 19.2. The predicted molar refractivity (Wildman–Crippen MR) is 121 cm³/mol. The Kier molecular flexibility index (Phi) is 4.85. The number of Topliss-reactive ketones (excluding diaryl/α,β-unsaturated/α-hetero) is 1. The van der Waals surface area contributed by atoms with Crippen molar-refractivity contribution in [3.63, 3.8) is 0 Å². The number of fused-ring (bicyclic) bond motifs is 1. The second-order valence-corrected chi connectivity index (χ2v) is 11.7. The van der Waals surface area contributed by atoms with Gasteiger partial charge < -0.3 is 4.74 Å². The molecule has 0 bridgehead atoms. The van der Waals surface area contributed by atoms with E-state index in [1.165, 1.54) is 0 Å². The van der Waals surface area contributed by atoms with Crippen LogP contribution in [0.1, 0.15) is 56.4 Å². The summed E-state index contributed by atoms with van der Waals surface area (Å²) < 4.78 is 30.9. The van der Waals surface area contributed by atoms with Gasteiger partial charge in [0.15, 0.2) is 15.6 Å². The van der Waals surface area contributed by atoms with Crippen molar-refractivity contribution >= 4 is 26.7 Å². The molecule has 0 aromatic carbocycles. The topological polar surface area (TPSA) is 104 Å². The van der Waals surface area contributed by atoms with E-state index in [4.69, 9.17) is 9.84 Å². The first-order valence-electron chi connectivity index (χ1n) is 10.9. The van der Waals surface area contributed by atoms with Crippen LogP contribution in [0.25, 0.3) is 22.3 Å². The normalized spacial score (nSPS) is 19.1. The molecule has 168 valence electrons. The monoisotopic (exact) mass is 454 g/mol. The Bertz CT molecular complexity index is 1310.